The van der Waals surface area contributed by atoms with Gasteiger partial charge >= 0.3 is 0 Å². The van der Waals surface area contributed by atoms with E-state index >= 15 is 0 Å². The van der Waals surface area contributed by atoms with Gasteiger partial charge in [-0.3, -0.25) is 4.90 Å². The number of hydrogen-bond donors (Lipinski definition) is 2. The van der Waals surface area contributed by atoms with Gasteiger partial charge < -0.3 is 5.11 Å². The second kappa shape index (κ2) is 3.60. The van der Waals surface area contributed by atoms with E-state index in [0.717, 1.165) is 25.9 Å². The first kappa shape index (κ1) is 8.37. The molecule has 0 bridgehead atoms. The number of nitrogens with zero attached hydrogens (tertiary/aromatic N) is 1. The summed E-state index contributed by atoms with van der Waals surface area (Å²) in [5, 5.41) is 9.50. The fourth-order valence-electron chi connectivity index (χ4n) is 1.26. The summed E-state index contributed by atoms with van der Waals surface area (Å²) in [5.41, 5.74) is 0. The van der Waals surface area contributed by atoms with Crippen molar-refractivity contribution in [2.24, 2.45) is 0 Å². The second-order valence-corrected chi connectivity index (χ2v) is 3.65. The Morgan fingerprint density at radius 1 is 1.50 bits per heavy atom. The van der Waals surface area contributed by atoms with Crippen LogP contribution in [0.25, 0.3) is 0 Å². The normalized spacial score (nSPS) is 26.7. The van der Waals surface area contributed by atoms with E-state index < -0.39 is 0 Å². The average Bonchev–Trinajstić information content (AvgIpc) is 1.88. The number of thiol groups is 1. The molecule has 1 heterocycles. The summed E-state index contributed by atoms with van der Waals surface area (Å²) >= 11 is 4.31. The molecule has 0 aromatic carbocycles. The number of hydrogen-bond acceptors (Lipinski definition) is 3. The lowest BCUT2D eigenvalue weighted by atomic mass is 10.1. The zero-order chi connectivity index (χ0) is 7.56. The quantitative estimate of drug-likeness (QED) is 0.554. The van der Waals surface area contributed by atoms with Crippen LogP contribution in [0.15, 0.2) is 0 Å². The average molecular weight is 161 g/mol. The van der Waals surface area contributed by atoms with Crippen molar-refractivity contribution in [1.82, 2.24) is 4.90 Å². The van der Waals surface area contributed by atoms with Crippen LogP contribution in [0.3, 0.4) is 0 Å². The molecule has 1 rings (SSSR count). The predicted molar refractivity (Wildman–Crippen MR) is 45.3 cm³/mol. The van der Waals surface area contributed by atoms with Gasteiger partial charge in [-0.1, -0.05) is 0 Å². The van der Waals surface area contributed by atoms with E-state index in [-0.39, 0.29) is 6.10 Å². The van der Waals surface area contributed by atoms with Crippen LogP contribution in [0.2, 0.25) is 0 Å². The van der Waals surface area contributed by atoms with Crippen molar-refractivity contribution in [1.29, 1.82) is 0 Å². The molecule has 1 saturated heterocycles. The number of likely N-dealkylation sites (tertiary alicyclic amines) is 1. The summed E-state index contributed by atoms with van der Waals surface area (Å²) < 4.78 is 0. The van der Waals surface area contributed by atoms with Crippen molar-refractivity contribution in [2.45, 2.75) is 31.2 Å². The van der Waals surface area contributed by atoms with Crippen LogP contribution in [0.4, 0.5) is 0 Å². The van der Waals surface area contributed by atoms with E-state index in [1.165, 1.54) is 0 Å². The monoisotopic (exact) mass is 161 g/mol. The number of aliphatic hydroxyl groups excluding tert-OH is 1. The summed E-state index contributed by atoms with van der Waals surface area (Å²) in [5.74, 6) is 0. The molecule has 1 N–H and O–H groups in total. The smallest absolute Gasteiger partial charge is 0.0564 e. The van der Waals surface area contributed by atoms with Crippen LogP contribution in [-0.4, -0.2) is 34.6 Å². The van der Waals surface area contributed by atoms with Crippen molar-refractivity contribution in [2.75, 3.05) is 13.1 Å². The molecule has 1 unspecified atom stereocenters. The lowest BCUT2D eigenvalue weighted by Crippen LogP contribution is -2.39. The largest absolute Gasteiger partial charge is 0.393 e. The van der Waals surface area contributed by atoms with Gasteiger partial charge in [-0.05, 0) is 19.8 Å². The van der Waals surface area contributed by atoms with Gasteiger partial charge in [0.1, 0.15) is 0 Å². The van der Waals surface area contributed by atoms with E-state index in [1.54, 1.807) is 0 Å². The molecule has 1 aliphatic heterocycles. The maximum absolute atomic E-state index is 9.16. The molecule has 0 saturated carbocycles. The SMILES string of the molecule is CC(S)N1CCC(O)CC1. The minimum Gasteiger partial charge on any atom is -0.393 e. The fourth-order valence-corrected chi connectivity index (χ4v) is 1.49. The van der Waals surface area contributed by atoms with Gasteiger partial charge in [-0.15, -0.1) is 0 Å². The highest BCUT2D eigenvalue weighted by Gasteiger charge is 2.18. The standard InChI is InChI=1S/C7H15NOS/c1-6(10)8-4-2-7(9)3-5-8/h6-7,9-10H,2-5H2,1H3. The van der Waals surface area contributed by atoms with Gasteiger partial charge in [0.05, 0.1) is 6.10 Å². The van der Waals surface area contributed by atoms with Gasteiger partial charge in [0, 0.05) is 18.5 Å². The van der Waals surface area contributed by atoms with Crippen LogP contribution in [0.1, 0.15) is 19.8 Å². The van der Waals surface area contributed by atoms with Crippen molar-refractivity contribution in [3.05, 3.63) is 0 Å². The van der Waals surface area contributed by atoms with Gasteiger partial charge in [-0.2, -0.15) is 12.6 Å². The lowest BCUT2D eigenvalue weighted by molar-refractivity contribution is 0.0804. The molecule has 0 aromatic rings. The van der Waals surface area contributed by atoms with Gasteiger partial charge in [-0.25, -0.2) is 0 Å². The minimum atomic E-state index is -0.0664. The molecule has 1 aliphatic rings. The molecule has 0 aromatic heterocycles. The third-order valence-electron chi connectivity index (χ3n) is 2.03. The second-order valence-electron chi connectivity index (χ2n) is 2.90. The van der Waals surface area contributed by atoms with Gasteiger partial charge in [0.15, 0.2) is 0 Å². The van der Waals surface area contributed by atoms with E-state index in [2.05, 4.69) is 24.5 Å². The highest BCUT2D eigenvalue weighted by Crippen LogP contribution is 2.13. The number of piperidine rings is 1. The van der Waals surface area contributed by atoms with Crippen molar-refractivity contribution in [3.63, 3.8) is 0 Å². The molecule has 3 heteroatoms. The molecule has 2 nitrogen and oxygen atoms in total. The lowest BCUT2D eigenvalue weighted by Gasteiger charge is -2.31. The molecule has 0 aliphatic carbocycles. The molecule has 1 fully saturated rings. The Bertz CT molecular complexity index is 99.8. The number of rotatable bonds is 1. The van der Waals surface area contributed by atoms with Crippen LogP contribution < -0.4 is 0 Å². The first-order chi connectivity index (χ1) is 4.70. The Hall–Kier alpha value is 0.270. The Kier molecular flexibility index (Phi) is 3.01. The third kappa shape index (κ3) is 2.15. The minimum absolute atomic E-state index is 0.0664. The zero-order valence-corrected chi connectivity index (χ0v) is 7.22. The van der Waals surface area contributed by atoms with Crippen molar-refractivity contribution < 1.29 is 5.11 Å². The summed E-state index contributed by atoms with van der Waals surface area (Å²) in [6.45, 7) is 4.05. The molecule has 0 amide bonds. The van der Waals surface area contributed by atoms with E-state index in [0.29, 0.717) is 5.37 Å². The van der Waals surface area contributed by atoms with Crippen LogP contribution in [-0.2, 0) is 0 Å². The van der Waals surface area contributed by atoms with E-state index in [4.69, 9.17) is 5.11 Å². The summed E-state index contributed by atoms with van der Waals surface area (Å²) in [6, 6.07) is 0. The molecule has 0 radical (unpaired) electrons. The topological polar surface area (TPSA) is 23.5 Å². The predicted octanol–water partition coefficient (Wildman–Crippen LogP) is 0.719. The Morgan fingerprint density at radius 2 is 2.00 bits per heavy atom. The van der Waals surface area contributed by atoms with Crippen molar-refractivity contribution >= 4 is 12.6 Å². The molecule has 60 valence electrons. The van der Waals surface area contributed by atoms with E-state index in [9.17, 15) is 0 Å². The molecule has 1 atom stereocenters. The van der Waals surface area contributed by atoms with Crippen LogP contribution in [0, 0.1) is 0 Å². The number of aliphatic hydroxyl groups is 1. The molecule has 10 heavy (non-hydrogen) atoms. The van der Waals surface area contributed by atoms with Gasteiger partial charge in [0.25, 0.3) is 0 Å². The molecular weight excluding hydrogens is 146 g/mol. The molecular formula is C7H15NOS. The first-order valence-electron chi connectivity index (χ1n) is 3.80. The zero-order valence-electron chi connectivity index (χ0n) is 6.32. The summed E-state index contributed by atoms with van der Waals surface area (Å²) in [6.07, 6.45) is 1.75. The Labute approximate surface area is 67.6 Å². The Balaban J connectivity index is 2.26. The molecule has 0 spiro atoms. The van der Waals surface area contributed by atoms with Gasteiger partial charge in [0.2, 0.25) is 0 Å². The maximum Gasteiger partial charge on any atom is 0.0564 e. The Morgan fingerprint density at radius 3 is 2.40 bits per heavy atom. The fraction of sp³-hybridized carbons (Fsp3) is 1.00. The van der Waals surface area contributed by atoms with Crippen LogP contribution in [0.5, 0.6) is 0 Å². The maximum atomic E-state index is 9.16. The van der Waals surface area contributed by atoms with Crippen LogP contribution >= 0.6 is 12.6 Å². The first-order valence-corrected chi connectivity index (χ1v) is 4.32. The highest BCUT2D eigenvalue weighted by atomic mass is 32.1. The summed E-state index contributed by atoms with van der Waals surface area (Å²) in [4.78, 5) is 2.27. The third-order valence-corrected chi connectivity index (χ3v) is 2.35. The van der Waals surface area contributed by atoms with E-state index in [1.807, 2.05) is 0 Å². The highest BCUT2D eigenvalue weighted by molar-refractivity contribution is 7.80. The summed E-state index contributed by atoms with van der Waals surface area (Å²) in [7, 11) is 0. The van der Waals surface area contributed by atoms with Crippen molar-refractivity contribution in [3.8, 4) is 0 Å².